The van der Waals surface area contributed by atoms with E-state index >= 15 is 0 Å². The van der Waals surface area contributed by atoms with Gasteiger partial charge in [0.2, 0.25) is 11.8 Å². The van der Waals surface area contributed by atoms with Crippen LogP contribution in [0.15, 0.2) is 48.7 Å². The van der Waals surface area contributed by atoms with Crippen LogP contribution in [-0.2, 0) is 22.7 Å². The third-order valence-electron chi connectivity index (χ3n) is 6.82. The summed E-state index contributed by atoms with van der Waals surface area (Å²) in [6.45, 7) is 5.20. The molecule has 2 aromatic carbocycles. The van der Waals surface area contributed by atoms with Crippen LogP contribution in [0.4, 0.5) is 0 Å². The van der Waals surface area contributed by atoms with E-state index in [2.05, 4.69) is 21.7 Å². The van der Waals surface area contributed by atoms with E-state index in [4.69, 9.17) is 5.26 Å². The van der Waals surface area contributed by atoms with Gasteiger partial charge < -0.3 is 9.80 Å². The Hall–Kier alpha value is -4.85. The zero-order chi connectivity index (χ0) is 27.7. The Balaban J connectivity index is 1.34. The minimum atomic E-state index is -0.690. The monoisotopic (exact) mass is 525 g/mol. The van der Waals surface area contributed by atoms with E-state index in [0.717, 1.165) is 11.1 Å². The third kappa shape index (κ3) is 5.27. The lowest BCUT2D eigenvalue weighted by molar-refractivity contribution is -0.136. The normalized spacial score (nSPS) is 16.7. The maximum absolute atomic E-state index is 13.4. The van der Waals surface area contributed by atoms with Crippen LogP contribution in [-0.4, -0.2) is 61.0 Å². The Kier molecular flexibility index (Phi) is 6.94. The molecule has 5 rings (SSSR count). The lowest BCUT2D eigenvalue weighted by atomic mass is 10.0. The van der Waals surface area contributed by atoms with Gasteiger partial charge >= 0.3 is 0 Å². The first-order chi connectivity index (χ1) is 18.7. The largest absolute Gasteiger partial charge is 0.333 e. The highest BCUT2D eigenvalue weighted by molar-refractivity contribution is 6.05. The number of aromatic nitrogens is 3. The summed E-state index contributed by atoms with van der Waals surface area (Å²) < 4.78 is 1.45. The van der Waals surface area contributed by atoms with Crippen molar-refractivity contribution in [3.63, 3.8) is 0 Å². The van der Waals surface area contributed by atoms with Crippen LogP contribution in [0.5, 0.6) is 0 Å². The molecule has 1 atom stereocenters. The van der Waals surface area contributed by atoms with E-state index in [9.17, 15) is 19.2 Å². The van der Waals surface area contributed by atoms with Crippen molar-refractivity contribution in [3.05, 3.63) is 76.6 Å². The predicted molar refractivity (Wildman–Crippen MR) is 138 cm³/mol. The zero-order valence-corrected chi connectivity index (χ0v) is 21.6. The van der Waals surface area contributed by atoms with Gasteiger partial charge in [-0.2, -0.15) is 5.26 Å². The Morgan fingerprint density at radius 2 is 1.95 bits per heavy atom. The van der Waals surface area contributed by atoms with Crippen molar-refractivity contribution in [2.45, 2.75) is 45.8 Å². The fourth-order valence-corrected chi connectivity index (χ4v) is 4.90. The van der Waals surface area contributed by atoms with E-state index in [-0.39, 0.29) is 42.3 Å². The molecule has 1 fully saturated rings. The number of rotatable bonds is 7. The average Bonchev–Trinajstić information content (AvgIpc) is 3.53. The number of nitrogens with one attached hydrogen (secondary N) is 1. The molecule has 0 bridgehead atoms. The van der Waals surface area contributed by atoms with Crippen LogP contribution in [0.25, 0.3) is 5.69 Å². The number of piperidine rings is 1. The van der Waals surface area contributed by atoms with Gasteiger partial charge in [-0.15, -0.1) is 5.10 Å². The second-order valence-electron chi connectivity index (χ2n) is 10.2. The van der Waals surface area contributed by atoms with Gasteiger partial charge in [-0.25, -0.2) is 4.68 Å². The SMILES string of the molecule is CC(C)CN(Cc1ccc(C#N)cc1)C(=O)c1cn(-c2ccc3c(c2)C(=O)N(C2CCC(=O)NC2=O)C3)nn1. The predicted octanol–water partition coefficient (Wildman–Crippen LogP) is 2.20. The molecule has 3 aromatic rings. The molecule has 4 amide bonds. The number of hydrogen-bond donors (Lipinski definition) is 1. The maximum Gasteiger partial charge on any atom is 0.276 e. The van der Waals surface area contributed by atoms with E-state index in [0.29, 0.717) is 36.3 Å². The van der Waals surface area contributed by atoms with Crippen LogP contribution in [0.3, 0.4) is 0 Å². The van der Waals surface area contributed by atoms with E-state index in [1.807, 2.05) is 26.0 Å². The first-order valence-electron chi connectivity index (χ1n) is 12.7. The molecule has 2 aliphatic rings. The Morgan fingerprint density at radius 1 is 1.18 bits per heavy atom. The third-order valence-corrected chi connectivity index (χ3v) is 6.82. The van der Waals surface area contributed by atoms with Crippen molar-refractivity contribution in [2.24, 2.45) is 5.92 Å². The number of carbonyl (C=O) groups is 4. The van der Waals surface area contributed by atoms with Gasteiger partial charge in [-0.1, -0.05) is 37.3 Å². The van der Waals surface area contributed by atoms with Gasteiger partial charge in [-0.05, 0) is 47.7 Å². The van der Waals surface area contributed by atoms with Gasteiger partial charge in [0.25, 0.3) is 11.8 Å². The van der Waals surface area contributed by atoms with Crippen LogP contribution >= 0.6 is 0 Å². The molecule has 0 spiro atoms. The van der Waals surface area contributed by atoms with Gasteiger partial charge in [0.05, 0.1) is 23.5 Å². The molecule has 11 nitrogen and oxygen atoms in total. The summed E-state index contributed by atoms with van der Waals surface area (Å²) in [5.41, 5.74) is 3.39. The fraction of sp³-hybridized carbons (Fsp3) is 0.321. The molecule has 2 aliphatic heterocycles. The minimum Gasteiger partial charge on any atom is -0.333 e. The first-order valence-corrected chi connectivity index (χ1v) is 12.7. The molecule has 1 N–H and O–H groups in total. The van der Waals surface area contributed by atoms with Crippen LogP contribution < -0.4 is 5.32 Å². The summed E-state index contributed by atoms with van der Waals surface area (Å²) in [4.78, 5) is 53.6. The van der Waals surface area contributed by atoms with E-state index in [1.165, 1.54) is 15.8 Å². The Bertz CT molecular complexity index is 1500. The molecule has 39 heavy (non-hydrogen) atoms. The fourth-order valence-electron chi connectivity index (χ4n) is 4.90. The second kappa shape index (κ2) is 10.5. The van der Waals surface area contributed by atoms with Gasteiger partial charge in [0.1, 0.15) is 6.04 Å². The molecule has 0 saturated carbocycles. The molecule has 11 heteroatoms. The topological polar surface area (TPSA) is 141 Å². The summed E-state index contributed by atoms with van der Waals surface area (Å²) in [5, 5.41) is 19.6. The number of imide groups is 1. The smallest absolute Gasteiger partial charge is 0.276 e. The highest BCUT2D eigenvalue weighted by Crippen LogP contribution is 2.29. The van der Waals surface area contributed by atoms with Crippen molar-refractivity contribution in [1.29, 1.82) is 5.26 Å². The molecular weight excluding hydrogens is 498 g/mol. The number of nitriles is 1. The molecule has 0 aliphatic carbocycles. The van der Waals surface area contributed by atoms with E-state index in [1.54, 1.807) is 35.2 Å². The Labute approximate surface area is 225 Å². The molecular formula is C28H27N7O4. The number of fused-ring (bicyclic) bond motifs is 1. The number of amides is 4. The number of benzene rings is 2. The molecule has 1 aromatic heterocycles. The minimum absolute atomic E-state index is 0.168. The average molecular weight is 526 g/mol. The summed E-state index contributed by atoms with van der Waals surface area (Å²) >= 11 is 0. The summed E-state index contributed by atoms with van der Waals surface area (Å²) in [7, 11) is 0. The molecule has 1 saturated heterocycles. The number of carbonyl (C=O) groups excluding carboxylic acids is 4. The van der Waals surface area contributed by atoms with Crippen molar-refractivity contribution < 1.29 is 19.2 Å². The lowest BCUT2D eigenvalue weighted by Crippen LogP contribution is -2.52. The standard InChI is InChI=1S/C28H27N7O4/c1-17(2)13-33(14-19-5-3-18(12-29)4-6-19)28(39)23-16-35(32-31-23)21-8-7-20-15-34(27(38)22(20)11-21)24-9-10-25(36)30-26(24)37/h3-8,11,16-17,24H,9-10,13-15H2,1-2H3,(H,30,36,37). The molecule has 1 unspecified atom stereocenters. The lowest BCUT2D eigenvalue weighted by Gasteiger charge is -2.29. The second-order valence-corrected chi connectivity index (χ2v) is 10.2. The number of hydrogen-bond acceptors (Lipinski definition) is 7. The van der Waals surface area contributed by atoms with E-state index < -0.39 is 11.9 Å². The van der Waals surface area contributed by atoms with Crippen molar-refractivity contribution >= 4 is 23.6 Å². The summed E-state index contributed by atoms with van der Waals surface area (Å²) in [6.07, 6.45) is 2.02. The highest BCUT2D eigenvalue weighted by atomic mass is 16.2. The zero-order valence-electron chi connectivity index (χ0n) is 21.6. The quantitative estimate of drug-likeness (QED) is 0.466. The molecule has 198 valence electrons. The van der Waals surface area contributed by atoms with Crippen molar-refractivity contribution in [2.75, 3.05) is 6.54 Å². The van der Waals surface area contributed by atoms with Crippen LogP contribution in [0, 0.1) is 17.2 Å². The van der Waals surface area contributed by atoms with Crippen molar-refractivity contribution in [3.8, 4) is 11.8 Å². The highest BCUT2D eigenvalue weighted by Gasteiger charge is 2.39. The number of nitrogens with zero attached hydrogens (tertiary/aromatic N) is 6. The van der Waals surface area contributed by atoms with Gasteiger partial charge in [0, 0.05) is 31.6 Å². The maximum atomic E-state index is 13.4. The Morgan fingerprint density at radius 3 is 2.64 bits per heavy atom. The molecule has 3 heterocycles. The van der Waals surface area contributed by atoms with Crippen molar-refractivity contribution in [1.82, 2.24) is 30.1 Å². The summed E-state index contributed by atoms with van der Waals surface area (Å²) in [5.74, 6) is -1.14. The first kappa shape index (κ1) is 25.8. The van der Waals surface area contributed by atoms with Crippen LogP contribution in [0.1, 0.15) is 64.2 Å². The van der Waals surface area contributed by atoms with Gasteiger partial charge in [-0.3, -0.25) is 24.5 Å². The molecule has 0 radical (unpaired) electrons. The van der Waals surface area contributed by atoms with Crippen LogP contribution in [0.2, 0.25) is 0 Å². The van der Waals surface area contributed by atoms with Gasteiger partial charge in [0.15, 0.2) is 5.69 Å². The summed E-state index contributed by atoms with van der Waals surface area (Å²) in [6, 6.07) is 13.8.